The highest BCUT2D eigenvalue weighted by Gasteiger charge is 2.14. The lowest BCUT2D eigenvalue weighted by Crippen LogP contribution is -2.29. The third kappa shape index (κ3) is 4.06. The van der Waals surface area contributed by atoms with Gasteiger partial charge in [-0.1, -0.05) is 11.6 Å². The van der Waals surface area contributed by atoms with E-state index in [2.05, 4.69) is 9.46 Å². The summed E-state index contributed by atoms with van der Waals surface area (Å²) in [6.45, 7) is -0.245. The molecule has 0 saturated carbocycles. The van der Waals surface area contributed by atoms with E-state index < -0.39 is 16.1 Å². The molecule has 1 rings (SSSR count). The number of sulfonamides is 1. The number of hydrogen-bond donors (Lipinski definition) is 3. The van der Waals surface area contributed by atoms with Crippen molar-refractivity contribution in [3.8, 4) is 0 Å². The molecule has 0 bridgehead atoms. The van der Waals surface area contributed by atoms with Crippen molar-refractivity contribution in [3.63, 3.8) is 0 Å². The molecular weight excluding hydrogens is 282 g/mol. The molecule has 1 aromatic carbocycles. The van der Waals surface area contributed by atoms with Crippen molar-refractivity contribution in [2.24, 2.45) is 5.73 Å². The van der Waals surface area contributed by atoms with E-state index in [4.69, 9.17) is 23.1 Å². The molecule has 18 heavy (non-hydrogen) atoms. The fraction of sp³-hybridized carbons (Fsp3) is 0.222. The molecule has 0 saturated heterocycles. The van der Waals surface area contributed by atoms with Crippen LogP contribution >= 0.6 is 11.6 Å². The molecule has 0 unspecified atom stereocenters. The van der Waals surface area contributed by atoms with Gasteiger partial charge in [-0.15, -0.1) is 0 Å². The van der Waals surface area contributed by atoms with Gasteiger partial charge in [-0.05, 0) is 18.2 Å². The number of amides is 1. The molecule has 100 valence electrons. The summed E-state index contributed by atoms with van der Waals surface area (Å²) >= 11 is 5.68. The lowest BCUT2D eigenvalue weighted by Gasteiger charge is -2.07. The number of ether oxygens (including phenoxy) is 1. The summed E-state index contributed by atoms with van der Waals surface area (Å²) in [5.74, 6) is 0. The Morgan fingerprint density at radius 2 is 2.11 bits per heavy atom. The lowest BCUT2D eigenvalue weighted by molar-refractivity contribution is 0.159. The van der Waals surface area contributed by atoms with Crippen LogP contribution in [0.3, 0.4) is 0 Å². The van der Waals surface area contributed by atoms with Crippen LogP contribution in [0.4, 0.5) is 10.5 Å². The number of carbonyl (C=O) groups is 1. The zero-order valence-corrected chi connectivity index (χ0v) is 10.8. The van der Waals surface area contributed by atoms with E-state index in [1.54, 1.807) is 0 Å². The first-order valence-electron chi connectivity index (χ1n) is 4.80. The van der Waals surface area contributed by atoms with Gasteiger partial charge in [0.1, 0.15) is 6.61 Å². The second-order valence-corrected chi connectivity index (χ2v) is 5.42. The predicted octanol–water partition coefficient (Wildman–Crippen LogP) is 0.296. The molecule has 5 N–H and O–H groups in total. The zero-order chi connectivity index (χ0) is 13.8. The summed E-state index contributed by atoms with van der Waals surface area (Å²) in [6.07, 6.45) is -0.968. The van der Waals surface area contributed by atoms with Gasteiger partial charge in [-0.3, -0.25) is 0 Å². The van der Waals surface area contributed by atoms with Gasteiger partial charge in [0, 0.05) is 6.54 Å². The van der Waals surface area contributed by atoms with Crippen molar-refractivity contribution in [1.29, 1.82) is 0 Å². The number of nitrogen functional groups attached to an aromatic ring is 1. The Balaban J connectivity index is 2.68. The first-order chi connectivity index (χ1) is 8.33. The minimum Gasteiger partial charge on any atom is -0.448 e. The summed E-state index contributed by atoms with van der Waals surface area (Å²) < 4.78 is 30.1. The topological polar surface area (TPSA) is 125 Å². The van der Waals surface area contributed by atoms with Crippen molar-refractivity contribution in [2.75, 3.05) is 18.9 Å². The maximum atomic E-state index is 11.8. The lowest BCUT2D eigenvalue weighted by atomic mass is 10.3. The SMILES string of the molecule is NC(=O)OCCNS(=O)(=O)c1ccc(Cl)c(N)c1. The van der Waals surface area contributed by atoms with E-state index in [0.29, 0.717) is 0 Å². The number of anilines is 1. The third-order valence-corrected chi connectivity index (χ3v) is 3.72. The molecule has 0 radical (unpaired) electrons. The van der Waals surface area contributed by atoms with Crippen LogP contribution in [0.2, 0.25) is 5.02 Å². The van der Waals surface area contributed by atoms with Crippen molar-refractivity contribution in [3.05, 3.63) is 23.2 Å². The molecule has 1 aromatic rings. The van der Waals surface area contributed by atoms with Crippen molar-refractivity contribution >= 4 is 33.4 Å². The molecular formula is C9H12ClN3O4S. The van der Waals surface area contributed by atoms with Crippen molar-refractivity contribution in [2.45, 2.75) is 4.90 Å². The Labute approximate surface area is 109 Å². The molecule has 9 heteroatoms. The smallest absolute Gasteiger partial charge is 0.404 e. The first kappa shape index (κ1) is 14.6. The molecule has 0 fully saturated rings. The zero-order valence-electron chi connectivity index (χ0n) is 9.22. The average Bonchev–Trinajstić information content (AvgIpc) is 2.28. The van der Waals surface area contributed by atoms with Crippen LogP contribution in [-0.4, -0.2) is 27.7 Å². The van der Waals surface area contributed by atoms with Crippen LogP contribution in [0.5, 0.6) is 0 Å². The van der Waals surface area contributed by atoms with Crippen LogP contribution in [-0.2, 0) is 14.8 Å². The average molecular weight is 294 g/mol. The third-order valence-electron chi connectivity index (χ3n) is 1.92. The number of benzene rings is 1. The summed E-state index contributed by atoms with van der Waals surface area (Å²) in [5, 5.41) is 0.269. The molecule has 0 spiro atoms. The molecule has 0 aromatic heterocycles. The molecule has 0 aliphatic rings. The summed E-state index contributed by atoms with van der Waals surface area (Å²) in [5.41, 5.74) is 10.4. The van der Waals surface area contributed by atoms with Gasteiger partial charge in [0.25, 0.3) is 0 Å². The van der Waals surface area contributed by atoms with Gasteiger partial charge in [-0.2, -0.15) is 0 Å². The van der Waals surface area contributed by atoms with Gasteiger partial charge >= 0.3 is 6.09 Å². The number of nitrogens with two attached hydrogens (primary N) is 2. The number of hydrogen-bond acceptors (Lipinski definition) is 5. The quantitative estimate of drug-likeness (QED) is 0.532. The summed E-state index contributed by atoms with van der Waals surface area (Å²) in [6, 6.07) is 3.93. The van der Waals surface area contributed by atoms with Crippen LogP contribution in [0.15, 0.2) is 23.1 Å². The van der Waals surface area contributed by atoms with Crippen LogP contribution in [0.25, 0.3) is 0 Å². The minimum atomic E-state index is -3.72. The van der Waals surface area contributed by atoms with Crippen LogP contribution in [0, 0.1) is 0 Å². The van der Waals surface area contributed by atoms with Gasteiger partial charge in [0.2, 0.25) is 10.0 Å². The molecule has 1 amide bonds. The van der Waals surface area contributed by atoms with Gasteiger partial charge in [0.15, 0.2) is 0 Å². The minimum absolute atomic E-state index is 0.0246. The standard InChI is InChI=1S/C9H12ClN3O4S/c10-7-2-1-6(5-8(7)11)18(15,16)13-3-4-17-9(12)14/h1-2,5,13H,3-4,11H2,(H2,12,14). The van der Waals surface area contributed by atoms with E-state index >= 15 is 0 Å². The highest BCUT2D eigenvalue weighted by atomic mass is 35.5. The first-order valence-corrected chi connectivity index (χ1v) is 6.66. The van der Waals surface area contributed by atoms with Gasteiger partial charge < -0.3 is 16.2 Å². The normalized spacial score (nSPS) is 11.2. The Morgan fingerprint density at radius 1 is 1.44 bits per heavy atom. The van der Waals surface area contributed by atoms with E-state index in [0.717, 1.165) is 0 Å². The number of halogens is 1. The monoisotopic (exact) mass is 293 g/mol. The van der Waals surface area contributed by atoms with E-state index in [-0.39, 0.29) is 28.8 Å². The fourth-order valence-corrected chi connectivity index (χ4v) is 2.27. The second kappa shape index (κ2) is 5.89. The van der Waals surface area contributed by atoms with Crippen molar-refractivity contribution < 1.29 is 17.9 Å². The van der Waals surface area contributed by atoms with E-state index in [9.17, 15) is 13.2 Å². The Hall–Kier alpha value is -1.51. The maximum Gasteiger partial charge on any atom is 0.404 e. The number of nitrogens with one attached hydrogen (secondary N) is 1. The van der Waals surface area contributed by atoms with Crippen LogP contribution < -0.4 is 16.2 Å². The van der Waals surface area contributed by atoms with Gasteiger partial charge in [0.05, 0.1) is 15.6 Å². The van der Waals surface area contributed by atoms with Crippen LogP contribution in [0.1, 0.15) is 0 Å². The van der Waals surface area contributed by atoms with E-state index in [1.807, 2.05) is 0 Å². The molecule has 7 nitrogen and oxygen atoms in total. The Bertz CT molecular complexity index is 547. The summed E-state index contributed by atoms with van der Waals surface area (Å²) in [7, 11) is -3.72. The Kier molecular flexibility index (Phi) is 4.76. The highest BCUT2D eigenvalue weighted by molar-refractivity contribution is 7.89. The largest absolute Gasteiger partial charge is 0.448 e. The Morgan fingerprint density at radius 3 is 2.67 bits per heavy atom. The number of rotatable bonds is 5. The van der Waals surface area contributed by atoms with Crippen molar-refractivity contribution in [1.82, 2.24) is 4.72 Å². The maximum absolute atomic E-state index is 11.8. The molecule has 0 aliphatic carbocycles. The summed E-state index contributed by atoms with van der Waals surface area (Å²) in [4.78, 5) is 10.2. The number of carbonyl (C=O) groups excluding carboxylic acids is 1. The van der Waals surface area contributed by atoms with E-state index in [1.165, 1.54) is 18.2 Å². The molecule has 0 heterocycles. The predicted molar refractivity (Wildman–Crippen MR) is 66.6 cm³/mol. The highest BCUT2D eigenvalue weighted by Crippen LogP contribution is 2.21. The fourth-order valence-electron chi connectivity index (χ4n) is 1.10. The molecule has 0 atom stereocenters. The molecule has 0 aliphatic heterocycles. The number of primary amides is 1. The van der Waals surface area contributed by atoms with Gasteiger partial charge in [-0.25, -0.2) is 17.9 Å². The second-order valence-electron chi connectivity index (χ2n) is 3.25.